The van der Waals surface area contributed by atoms with Crippen LogP contribution in [0.3, 0.4) is 0 Å². The van der Waals surface area contributed by atoms with Gasteiger partial charge >= 0.3 is 0 Å². The fraction of sp³-hybridized carbons (Fsp3) is 0.923. The Kier molecular flexibility index (Phi) is 7.83. The Hall–Kier alpha value is -1.14. The minimum Gasteiger partial charge on any atom is -0.352 e. The van der Waals surface area contributed by atoms with E-state index in [1.54, 1.807) is 0 Å². The van der Waals surface area contributed by atoms with E-state index in [0.717, 1.165) is 38.5 Å². The number of carbonyl (C=O) groups excluding carboxylic acids is 2. The van der Waals surface area contributed by atoms with Crippen molar-refractivity contribution in [1.29, 1.82) is 0 Å². The zero-order valence-corrected chi connectivity index (χ0v) is 22.4. The summed E-state index contributed by atoms with van der Waals surface area (Å²) in [6, 6.07) is 0.110. The van der Waals surface area contributed by atoms with Gasteiger partial charge in [-0.3, -0.25) is 9.59 Å². The third-order valence-electron chi connectivity index (χ3n) is 7.08. The molecule has 32 heavy (non-hydrogen) atoms. The highest BCUT2D eigenvalue weighted by molar-refractivity contribution is 6.04. The molecule has 6 heteroatoms. The molecule has 0 saturated carbocycles. The number of rotatable bonds is 7. The summed E-state index contributed by atoms with van der Waals surface area (Å²) < 4.78 is 0. The molecule has 186 valence electrons. The molecule has 0 aromatic heterocycles. The van der Waals surface area contributed by atoms with Gasteiger partial charge in [-0.2, -0.15) is 0 Å². The van der Waals surface area contributed by atoms with E-state index < -0.39 is 5.41 Å². The monoisotopic (exact) mass is 450 g/mol. The standard InChI is InChI=1S/C26H50N4O2/c1-11-12-13-26(10,20(31)27-18-14-22(2,3)29-23(4,5)15-18)21(32)28-19-16-24(6,7)30-25(8,9)17-19/h18-19,29-30H,11-17H2,1-10H3,(H,27,31)(H,28,32). The van der Waals surface area contributed by atoms with Gasteiger partial charge in [0, 0.05) is 34.2 Å². The van der Waals surface area contributed by atoms with Crippen LogP contribution in [0.2, 0.25) is 0 Å². The van der Waals surface area contributed by atoms with E-state index in [9.17, 15) is 9.59 Å². The lowest BCUT2D eigenvalue weighted by Crippen LogP contribution is -2.65. The average molecular weight is 451 g/mol. The van der Waals surface area contributed by atoms with Crippen LogP contribution in [0.5, 0.6) is 0 Å². The number of hydrogen-bond donors (Lipinski definition) is 4. The van der Waals surface area contributed by atoms with Crippen LogP contribution in [-0.2, 0) is 9.59 Å². The minimum absolute atomic E-state index is 0.0549. The molecule has 2 fully saturated rings. The third kappa shape index (κ3) is 7.18. The molecule has 2 heterocycles. The predicted octanol–water partition coefficient (Wildman–Crippen LogP) is 4.03. The van der Waals surface area contributed by atoms with Crippen molar-refractivity contribution in [1.82, 2.24) is 21.3 Å². The summed E-state index contributed by atoms with van der Waals surface area (Å²) in [4.78, 5) is 27.2. The van der Waals surface area contributed by atoms with E-state index in [4.69, 9.17) is 0 Å². The molecule has 2 amide bonds. The van der Waals surface area contributed by atoms with Crippen LogP contribution >= 0.6 is 0 Å². The predicted molar refractivity (Wildman–Crippen MR) is 133 cm³/mol. The van der Waals surface area contributed by atoms with Crippen LogP contribution in [0.25, 0.3) is 0 Å². The van der Waals surface area contributed by atoms with Gasteiger partial charge < -0.3 is 21.3 Å². The van der Waals surface area contributed by atoms with Crippen molar-refractivity contribution in [2.45, 2.75) is 148 Å². The van der Waals surface area contributed by atoms with E-state index in [-0.39, 0.29) is 46.1 Å². The van der Waals surface area contributed by atoms with Gasteiger partial charge in [-0.15, -0.1) is 0 Å². The van der Waals surface area contributed by atoms with Crippen LogP contribution in [0.1, 0.15) is 114 Å². The van der Waals surface area contributed by atoms with Crippen molar-refractivity contribution in [3.8, 4) is 0 Å². The first-order valence-electron chi connectivity index (χ1n) is 12.6. The van der Waals surface area contributed by atoms with E-state index in [1.807, 2.05) is 6.92 Å². The fourth-order valence-corrected chi connectivity index (χ4v) is 6.40. The Morgan fingerprint density at radius 2 is 1.06 bits per heavy atom. The van der Waals surface area contributed by atoms with Gasteiger partial charge in [0.05, 0.1) is 0 Å². The highest BCUT2D eigenvalue weighted by Crippen LogP contribution is 2.33. The van der Waals surface area contributed by atoms with Crippen LogP contribution in [0, 0.1) is 5.41 Å². The topological polar surface area (TPSA) is 82.3 Å². The Labute approximate surface area is 196 Å². The summed E-state index contributed by atoms with van der Waals surface area (Å²) in [6.45, 7) is 21.4. The second-order valence-electron chi connectivity index (χ2n) is 13.4. The van der Waals surface area contributed by atoms with Crippen molar-refractivity contribution in [3.63, 3.8) is 0 Å². The number of unbranched alkanes of at least 4 members (excludes halogenated alkanes) is 1. The molecule has 2 saturated heterocycles. The lowest BCUT2D eigenvalue weighted by atomic mass is 9.77. The molecule has 0 radical (unpaired) electrons. The quantitative estimate of drug-likeness (QED) is 0.441. The highest BCUT2D eigenvalue weighted by atomic mass is 16.2. The molecule has 6 nitrogen and oxygen atoms in total. The molecule has 0 aromatic carbocycles. The summed E-state index contributed by atoms with van der Waals surface area (Å²) in [5, 5.41) is 13.9. The largest absolute Gasteiger partial charge is 0.352 e. The van der Waals surface area contributed by atoms with Crippen molar-refractivity contribution < 1.29 is 9.59 Å². The molecule has 2 aliphatic heterocycles. The van der Waals surface area contributed by atoms with Crippen LogP contribution in [0.4, 0.5) is 0 Å². The molecule has 0 aliphatic carbocycles. The second kappa shape index (κ2) is 9.25. The molecule has 0 aromatic rings. The van der Waals surface area contributed by atoms with Crippen LogP contribution < -0.4 is 21.3 Å². The first-order chi connectivity index (χ1) is 14.4. The van der Waals surface area contributed by atoms with Gasteiger partial charge in [0.2, 0.25) is 11.8 Å². The molecular weight excluding hydrogens is 400 g/mol. The van der Waals surface area contributed by atoms with Gasteiger partial charge in [0.1, 0.15) is 5.41 Å². The Bertz CT molecular complexity index is 612. The lowest BCUT2D eigenvalue weighted by Gasteiger charge is -2.48. The van der Waals surface area contributed by atoms with Crippen molar-refractivity contribution in [2.24, 2.45) is 5.41 Å². The summed E-state index contributed by atoms with van der Waals surface area (Å²) in [5.74, 6) is -0.260. The summed E-state index contributed by atoms with van der Waals surface area (Å²) in [6.07, 6.45) is 5.78. The molecule has 0 atom stereocenters. The minimum atomic E-state index is -1.06. The second-order valence-corrected chi connectivity index (χ2v) is 13.4. The molecule has 0 unspecified atom stereocenters. The van der Waals surface area contributed by atoms with E-state index in [0.29, 0.717) is 6.42 Å². The van der Waals surface area contributed by atoms with Crippen LogP contribution in [-0.4, -0.2) is 46.1 Å². The highest BCUT2D eigenvalue weighted by Gasteiger charge is 2.46. The van der Waals surface area contributed by atoms with Crippen molar-refractivity contribution >= 4 is 11.8 Å². The molecular formula is C26H50N4O2. The SMILES string of the molecule is CCCCC(C)(C(=O)NC1CC(C)(C)NC(C)(C)C1)C(=O)NC1CC(C)(C)NC(C)(C)C1. The average Bonchev–Trinajstić information content (AvgIpc) is 2.53. The number of nitrogens with one attached hydrogen (secondary N) is 4. The molecule has 4 N–H and O–H groups in total. The van der Waals surface area contributed by atoms with Crippen molar-refractivity contribution in [3.05, 3.63) is 0 Å². The summed E-state index contributed by atoms with van der Waals surface area (Å²) in [5.41, 5.74) is -1.31. The van der Waals surface area contributed by atoms with E-state index in [2.05, 4.69) is 83.6 Å². The normalized spacial score (nSPS) is 25.2. The number of hydrogen-bond acceptors (Lipinski definition) is 4. The smallest absolute Gasteiger partial charge is 0.235 e. The first-order valence-corrected chi connectivity index (χ1v) is 12.6. The summed E-state index contributed by atoms with van der Waals surface area (Å²) >= 11 is 0. The molecule has 2 rings (SSSR count). The Morgan fingerprint density at radius 3 is 1.34 bits per heavy atom. The summed E-state index contributed by atoms with van der Waals surface area (Å²) in [7, 11) is 0. The number of amides is 2. The van der Waals surface area contributed by atoms with Gasteiger partial charge in [0.25, 0.3) is 0 Å². The zero-order chi connectivity index (χ0) is 24.6. The Morgan fingerprint density at radius 1 is 0.750 bits per heavy atom. The number of piperidine rings is 2. The third-order valence-corrected chi connectivity index (χ3v) is 7.08. The van der Waals surface area contributed by atoms with E-state index >= 15 is 0 Å². The molecule has 0 bridgehead atoms. The maximum Gasteiger partial charge on any atom is 0.235 e. The lowest BCUT2D eigenvalue weighted by molar-refractivity contribution is -0.144. The van der Waals surface area contributed by atoms with Crippen molar-refractivity contribution in [2.75, 3.05) is 0 Å². The number of carbonyl (C=O) groups is 2. The molecule has 0 spiro atoms. The van der Waals surface area contributed by atoms with Gasteiger partial charge in [0.15, 0.2) is 0 Å². The maximum atomic E-state index is 13.6. The Balaban J connectivity index is 2.17. The zero-order valence-electron chi connectivity index (χ0n) is 22.4. The van der Waals surface area contributed by atoms with Gasteiger partial charge in [-0.05, 0) is 94.4 Å². The molecule has 2 aliphatic rings. The fourth-order valence-electron chi connectivity index (χ4n) is 6.40. The van der Waals surface area contributed by atoms with Gasteiger partial charge in [-0.1, -0.05) is 19.8 Å². The van der Waals surface area contributed by atoms with Gasteiger partial charge in [-0.25, -0.2) is 0 Å². The van der Waals surface area contributed by atoms with Crippen LogP contribution in [0.15, 0.2) is 0 Å². The van der Waals surface area contributed by atoms with E-state index in [1.165, 1.54) is 0 Å². The first kappa shape index (κ1) is 27.1. The maximum absolute atomic E-state index is 13.6.